The maximum atomic E-state index is 8.60. The number of rotatable bonds is 2. The van der Waals surface area contributed by atoms with Gasteiger partial charge in [-0.25, -0.2) is 9.97 Å². The second-order valence-corrected chi connectivity index (χ2v) is 4.27. The number of aromatic nitrogens is 2. The predicted molar refractivity (Wildman–Crippen MR) is 58.8 cm³/mol. The summed E-state index contributed by atoms with van der Waals surface area (Å²) in [4.78, 5) is 8.01. The van der Waals surface area contributed by atoms with E-state index < -0.39 is 0 Å². The summed E-state index contributed by atoms with van der Waals surface area (Å²) in [6, 6.07) is 1.94. The van der Waals surface area contributed by atoms with Crippen LogP contribution in [0.3, 0.4) is 0 Å². The van der Waals surface area contributed by atoms with E-state index in [1.807, 2.05) is 6.07 Å². The van der Waals surface area contributed by atoms with Crippen molar-refractivity contribution < 1.29 is 4.74 Å². The van der Waals surface area contributed by atoms with Gasteiger partial charge in [-0.3, -0.25) is 0 Å². The molecule has 1 aliphatic rings. The molecule has 1 aromatic rings. The highest BCUT2D eigenvalue weighted by Crippen LogP contribution is 2.26. The van der Waals surface area contributed by atoms with Crippen LogP contribution in [0.15, 0.2) is 12.4 Å². The summed E-state index contributed by atoms with van der Waals surface area (Å²) in [6.07, 6.45) is 8.04. The van der Waals surface area contributed by atoms with Crippen LogP contribution in [0.25, 0.3) is 0 Å². The third-order valence-electron chi connectivity index (χ3n) is 3.05. The van der Waals surface area contributed by atoms with Crippen LogP contribution in [-0.2, 0) is 0 Å². The summed E-state index contributed by atoms with van der Waals surface area (Å²) >= 11 is 0. The molecule has 0 bridgehead atoms. The molecule has 84 valence electrons. The van der Waals surface area contributed by atoms with Crippen molar-refractivity contribution in [3.63, 3.8) is 0 Å². The molecular weight excluding hydrogens is 202 g/mol. The van der Waals surface area contributed by atoms with Gasteiger partial charge in [0.2, 0.25) is 5.88 Å². The van der Waals surface area contributed by atoms with Crippen LogP contribution in [0.5, 0.6) is 5.88 Å². The first-order valence-electron chi connectivity index (χ1n) is 5.68. The average Bonchev–Trinajstić information content (AvgIpc) is 2.33. The Kier molecular flexibility index (Phi) is 3.35. The van der Waals surface area contributed by atoms with Gasteiger partial charge in [0.1, 0.15) is 12.2 Å². The fourth-order valence-corrected chi connectivity index (χ4v) is 2.05. The molecule has 4 heteroatoms. The van der Waals surface area contributed by atoms with E-state index in [1.165, 1.54) is 31.7 Å². The lowest BCUT2D eigenvalue weighted by Gasteiger charge is -2.28. The fourth-order valence-electron chi connectivity index (χ4n) is 2.05. The highest BCUT2D eigenvalue weighted by atomic mass is 16.5. The molecule has 16 heavy (non-hydrogen) atoms. The van der Waals surface area contributed by atoms with Gasteiger partial charge < -0.3 is 4.74 Å². The van der Waals surface area contributed by atoms with Gasteiger partial charge in [-0.05, 0) is 25.2 Å². The fraction of sp³-hybridized carbons (Fsp3) is 0.583. The van der Waals surface area contributed by atoms with Crippen molar-refractivity contribution in [1.82, 2.24) is 9.97 Å². The maximum Gasteiger partial charge on any atom is 0.232 e. The Morgan fingerprint density at radius 1 is 1.31 bits per heavy atom. The largest absolute Gasteiger partial charge is 0.473 e. The minimum atomic E-state index is 0.246. The lowest BCUT2D eigenvalue weighted by atomic mass is 9.88. The average molecular weight is 217 g/mol. The van der Waals surface area contributed by atoms with Gasteiger partial charge in [0.25, 0.3) is 0 Å². The van der Waals surface area contributed by atoms with Crippen LogP contribution in [0.4, 0.5) is 0 Å². The lowest BCUT2D eigenvalue weighted by molar-refractivity contribution is 0.0971. The molecule has 1 saturated carbocycles. The summed E-state index contributed by atoms with van der Waals surface area (Å²) in [7, 11) is 0. The molecule has 1 aliphatic carbocycles. The third-order valence-corrected chi connectivity index (χ3v) is 3.05. The highest BCUT2D eigenvalue weighted by molar-refractivity contribution is 5.18. The minimum absolute atomic E-state index is 0.246. The summed E-state index contributed by atoms with van der Waals surface area (Å²) < 4.78 is 5.78. The van der Waals surface area contributed by atoms with Crippen LogP contribution >= 0.6 is 0 Å². The Bertz CT molecular complexity index is 382. The molecule has 0 spiro atoms. The van der Waals surface area contributed by atoms with E-state index >= 15 is 0 Å². The molecule has 0 amide bonds. The Morgan fingerprint density at radius 3 is 2.75 bits per heavy atom. The van der Waals surface area contributed by atoms with Gasteiger partial charge in [0.05, 0.1) is 12.4 Å². The van der Waals surface area contributed by atoms with E-state index in [0.717, 1.165) is 6.42 Å². The van der Waals surface area contributed by atoms with Gasteiger partial charge in [-0.2, -0.15) is 5.26 Å². The van der Waals surface area contributed by atoms with E-state index in [1.54, 1.807) is 0 Å². The van der Waals surface area contributed by atoms with Crippen LogP contribution in [-0.4, -0.2) is 16.1 Å². The number of nitriles is 1. The number of hydrogen-bond acceptors (Lipinski definition) is 4. The topological polar surface area (TPSA) is 58.8 Å². The molecule has 0 saturated heterocycles. The molecule has 1 heterocycles. The summed E-state index contributed by atoms with van der Waals surface area (Å²) in [5, 5.41) is 8.60. The first-order valence-corrected chi connectivity index (χ1v) is 5.68. The Morgan fingerprint density at radius 2 is 2.12 bits per heavy atom. The lowest BCUT2D eigenvalue weighted by Crippen LogP contribution is -2.28. The highest BCUT2D eigenvalue weighted by Gasteiger charge is 2.23. The molecule has 1 aromatic heterocycles. The van der Waals surface area contributed by atoms with Gasteiger partial charge in [-0.15, -0.1) is 0 Å². The zero-order valence-corrected chi connectivity index (χ0v) is 9.39. The van der Waals surface area contributed by atoms with Crippen LogP contribution in [0, 0.1) is 17.2 Å². The van der Waals surface area contributed by atoms with Gasteiger partial charge >= 0.3 is 0 Å². The van der Waals surface area contributed by atoms with Gasteiger partial charge in [-0.1, -0.05) is 13.3 Å². The smallest absolute Gasteiger partial charge is 0.232 e. The van der Waals surface area contributed by atoms with E-state index in [0.29, 0.717) is 17.5 Å². The van der Waals surface area contributed by atoms with E-state index in [9.17, 15) is 0 Å². The monoisotopic (exact) mass is 217 g/mol. The molecule has 0 aliphatic heterocycles. The molecule has 2 atom stereocenters. The van der Waals surface area contributed by atoms with Crippen molar-refractivity contribution in [3.05, 3.63) is 18.1 Å². The second-order valence-electron chi connectivity index (χ2n) is 4.27. The molecule has 2 rings (SSSR count). The van der Waals surface area contributed by atoms with Gasteiger partial charge in [0.15, 0.2) is 5.69 Å². The third kappa shape index (κ3) is 2.48. The van der Waals surface area contributed by atoms with E-state index in [2.05, 4.69) is 16.9 Å². The van der Waals surface area contributed by atoms with Crippen LogP contribution in [0.2, 0.25) is 0 Å². The summed E-state index contributed by atoms with van der Waals surface area (Å²) in [5.74, 6) is 1.10. The predicted octanol–water partition coefficient (Wildman–Crippen LogP) is 2.31. The van der Waals surface area contributed by atoms with Crippen LogP contribution in [0.1, 0.15) is 38.3 Å². The maximum absolute atomic E-state index is 8.60. The zero-order chi connectivity index (χ0) is 11.4. The Labute approximate surface area is 95.3 Å². The molecule has 1 fully saturated rings. The van der Waals surface area contributed by atoms with Crippen molar-refractivity contribution in [2.45, 2.75) is 38.7 Å². The van der Waals surface area contributed by atoms with E-state index in [4.69, 9.17) is 10.00 Å². The molecule has 0 aromatic carbocycles. The normalized spacial score (nSPS) is 24.8. The van der Waals surface area contributed by atoms with Crippen LogP contribution < -0.4 is 4.74 Å². The second kappa shape index (κ2) is 4.93. The first kappa shape index (κ1) is 10.9. The summed E-state index contributed by atoms with van der Waals surface area (Å²) in [6.45, 7) is 2.21. The minimum Gasteiger partial charge on any atom is -0.473 e. The Balaban J connectivity index is 2.00. The van der Waals surface area contributed by atoms with Crippen molar-refractivity contribution in [2.75, 3.05) is 0 Å². The standard InChI is InChI=1S/C12H15N3O/c1-9-4-2-3-5-11(9)16-12-8-14-10(6-13)7-15-12/h7-9,11H,2-5H2,1H3. The Hall–Kier alpha value is -1.63. The SMILES string of the molecule is CC1CCCCC1Oc1cnc(C#N)cn1. The molecule has 0 N–H and O–H groups in total. The molecule has 2 unspecified atom stereocenters. The first-order chi connectivity index (χ1) is 7.79. The summed E-state index contributed by atoms with van der Waals surface area (Å²) in [5.41, 5.74) is 0.323. The number of nitrogens with zero attached hydrogens (tertiary/aromatic N) is 3. The number of ether oxygens (including phenoxy) is 1. The van der Waals surface area contributed by atoms with Crippen molar-refractivity contribution in [3.8, 4) is 11.9 Å². The van der Waals surface area contributed by atoms with Crippen molar-refractivity contribution >= 4 is 0 Å². The number of hydrogen-bond donors (Lipinski definition) is 0. The van der Waals surface area contributed by atoms with Crippen molar-refractivity contribution in [2.24, 2.45) is 5.92 Å². The molecule has 4 nitrogen and oxygen atoms in total. The van der Waals surface area contributed by atoms with E-state index in [-0.39, 0.29) is 6.10 Å². The quantitative estimate of drug-likeness (QED) is 0.762. The van der Waals surface area contributed by atoms with Crippen molar-refractivity contribution in [1.29, 1.82) is 5.26 Å². The zero-order valence-electron chi connectivity index (χ0n) is 9.39. The molecular formula is C12H15N3O. The van der Waals surface area contributed by atoms with Gasteiger partial charge in [0, 0.05) is 0 Å². The molecule has 0 radical (unpaired) electrons.